The maximum atomic E-state index is 12.0. The third kappa shape index (κ3) is 5.33. The smallest absolute Gasteiger partial charge is 0.305 e. The van der Waals surface area contributed by atoms with Gasteiger partial charge in [-0.15, -0.1) is 11.3 Å². The van der Waals surface area contributed by atoms with Gasteiger partial charge in [-0.05, 0) is 45.2 Å². The van der Waals surface area contributed by atoms with Crippen LogP contribution in [0.25, 0.3) is 0 Å². The maximum absolute atomic E-state index is 12.0. The summed E-state index contributed by atoms with van der Waals surface area (Å²) in [7, 11) is 0. The summed E-state index contributed by atoms with van der Waals surface area (Å²) in [6.45, 7) is 6.97. The highest BCUT2D eigenvalue weighted by Gasteiger charge is 2.13. The Morgan fingerprint density at radius 3 is 2.50 bits per heavy atom. The lowest BCUT2D eigenvalue weighted by molar-refractivity contribution is -0.138. The van der Waals surface area contributed by atoms with Crippen molar-refractivity contribution in [2.45, 2.75) is 46.5 Å². The Balaban J connectivity index is 2.37. The average molecular weight is 297 g/mol. The molecule has 0 aliphatic carbocycles. The van der Waals surface area contributed by atoms with E-state index in [1.807, 2.05) is 6.92 Å². The molecular weight excluding hydrogens is 274 g/mol. The van der Waals surface area contributed by atoms with E-state index in [1.54, 1.807) is 16.2 Å². The molecule has 1 N–H and O–H groups in total. The minimum atomic E-state index is -0.861. The van der Waals surface area contributed by atoms with E-state index in [4.69, 9.17) is 5.11 Å². The quantitative estimate of drug-likeness (QED) is 0.802. The van der Waals surface area contributed by atoms with Crippen molar-refractivity contribution in [2.24, 2.45) is 0 Å². The molecule has 0 unspecified atom stereocenters. The highest BCUT2D eigenvalue weighted by Crippen LogP contribution is 2.22. The molecule has 4 nitrogen and oxygen atoms in total. The summed E-state index contributed by atoms with van der Waals surface area (Å²) in [5.41, 5.74) is 1.33. The Hall–Kier alpha value is -1.36. The number of aryl methyl sites for hydroxylation is 3. The third-order valence-electron chi connectivity index (χ3n) is 3.31. The summed E-state index contributed by atoms with van der Waals surface area (Å²) in [6, 6.07) is 2.19. The van der Waals surface area contributed by atoms with E-state index in [9.17, 15) is 9.59 Å². The van der Waals surface area contributed by atoms with Crippen LogP contribution in [0.15, 0.2) is 6.07 Å². The molecule has 0 atom stereocenters. The number of nitrogens with zero attached hydrogens (tertiary/aromatic N) is 1. The van der Waals surface area contributed by atoms with Crippen LogP contribution < -0.4 is 0 Å². The molecule has 20 heavy (non-hydrogen) atoms. The first kappa shape index (κ1) is 16.7. The highest BCUT2D eigenvalue weighted by molar-refractivity contribution is 7.12. The van der Waals surface area contributed by atoms with E-state index in [1.165, 1.54) is 15.3 Å². The maximum Gasteiger partial charge on any atom is 0.305 e. The van der Waals surface area contributed by atoms with Crippen LogP contribution in [0.2, 0.25) is 0 Å². The second-order valence-corrected chi connectivity index (χ2v) is 6.37. The molecule has 0 spiro atoms. The van der Waals surface area contributed by atoms with Crippen molar-refractivity contribution in [3.8, 4) is 0 Å². The molecule has 1 aromatic rings. The molecule has 0 aromatic carbocycles. The molecule has 0 saturated carbocycles. The molecule has 0 radical (unpaired) electrons. The number of carboxylic acid groups (broad SMARTS) is 1. The van der Waals surface area contributed by atoms with E-state index < -0.39 is 5.97 Å². The summed E-state index contributed by atoms with van der Waals surface area (Å²) < 4.78 is 0. The number of rotatable bonds is 8. The summed E-state index contributed by atoms with van der Waals surface area (Å²) in [5, 5.41) is 8.66. The van der Waals surface area contributed by atoms with Gasteiger partial charge in [-0.1, -0.05) is 0 Å². The fourth-order valence-electron chi connectivity index (χ4n) is 2.21. The number of carboxylic acids is 1. The van der Waals surface area contributed by atoms with Crippen molar-refractivity contribution in [3.63, 3.8) is 0 Å². The minimum Gasteiger partial charge on any atom is -0.481 e. The first-order chi connectivity index (χ1) is 9.43. The van der Waals surface area contributed by atoms with Gasteiger partial charge in [0, 0.05) is 29.3 Å². The monoisotopic (exact) mass is 297 g/mol. The zero-order valence-corrected chi connectivity index (χ0v) is 13.3. The summed E-state index contributed by atoms with van der Waals surface area (Å²) in [5.74, 6) is -0.807. The van der Waals surface area contributed by atoms with Gasteiger partial charge in [-0.2, -0.15) is 0 Å². The van der Waals surface area contributed by atoms with Gasteiger partial charge < -0.3 is 10.0 Å². The number of carbonyl (C=O) groups excluding carboxylic acids is 1. The third-order valence-corrected chi connectivity index (χ3v) is 4.32. The largest absolute Gasteiger partial charge is 0.481 e. The minimum absolute atomic E-state index is 0.0163. The number of amides is 1. The number of hydrogen-bond acceptors (Lipinski definition) is 3. The molecule has 112 valence electrons. The Labute approximate surface area is 124 Å². The van der Waals surface area contributed by atoms with E-state index in [2.05, 4.69) is 19.9 Å². The number of thiophene rings is 1. The van der Waals surface area contributed by atoms with E-state index >= 15 is 0 Å². The standard InChI is InChI=1S/C15H23NO3S/c1-4-16(9-8-15(18)19)14(17)7-5-6-13-10-11(2)20-12(13)3/h10H,4-9H2,1-3H3,(H,18,19). The van der Waals surface area contributed by atoms with Gasteiger partial charge in [0.2, 0.25) is 5.91 Å². The molecule has 1 amide bonds. The number of hydrogen-bond donors (Lipinski definition) is 1. The van der Waals surface area contributed by atoms with Gasteiger partial charge in [-0.25, -0.2) is 0 Å². The molecule has 0 aliphatic heterocycles. The zero-order valence-electron chi connectivity index (χ0n) is 12.4. The van der Waals surface area contributed by atoms with Crippen LogP contribution in [-0.4, -0.2) is 35.0 Å². The topological polar surface area (TPSA) is 57.6 Å². The fraction of sp³-hybridized carbons (Fsp3) is 0.600. The molecular formula is C15H23NO3S. The Kier molecular flexibility index (Phi) is 6.71. The van der Waals surface area contributed by atoms with Crippen LogP contribution in [0.1, 0.15) is 41.5 Å². The van der Waals surface area contributed by atoms with E-state index in [-0.39, 0.29) is 12.3 Å². The summed E-state index contributed by atoms with van der Waals surface area (Å²) >= 11 is 1.79. The van der Waals surface area contributed by atoms with Gasteiger partial charge >= 0.3 is 5.97 Å². The van der Waals surface area contributed by atoms with Crippen molar-refractivity contribution in [1.82, 2.24) is 4.90 Å². The molecule has 5 heteroatoms. The van der Waals surface area contributed by atoms with E-state index in [0.29, 0.717) is 19.5 Å². The number of carbonyl (C=O) groups is 2. The Bertz CT molecular complexity index is 468. The van der Waals surface area contributed by atoms with Crippen molar-refractivity contribution in [3.05, 3.63) is 21.4 Å². The second kappa shape index (κ2) is 8.04. The van der Waals surface area contributed by atoms with Crippen LogP contribution in [0.5, 0.6) is 0 Å². The van der Waals surface area contributed by atoms with Gasteiger partial charge in [0.05, 0.1) is 6.42 Å². The molecule has 0 saturated heterocycles. The summed E-state index contributed by atoms with van der Waals surface area (Å²) in [4.78, 5) is 26.8. The van der Waals surface area contributed by atoms with Crippen molar-refractivity contribution >= 4 is 23.2 Å². The molecule has 1 aromatic heterocycles. The van der Waals surface area contributed by atoms with Gasteiger partial charge in [-0.3, -0.25) is 9.59 Å². The molecule has 1 rings (SSSR count). The highest BCUT2D eigenvalue weighted by atomic mass is 32.1. The van der Waals surface area contributed by atoms with Crippen molar-refractivity contribution < 1.29 is 14.7 Å². The van der Waals surface area contributed by atoms with Crippen LogP contribution in [0.4, 0.5) is 0 Å². The Morgan fingerprint density at radius 2 is 2.00 bits per heavy atom. The van der Waals surface area contributed by atoms with Gasteiger partial charge in [0.25, 0.3) is 0 Å². The lowest BCUT2D eigenvalue weighted by Crippen LogP contribution is -2.32. The lowest BCUT2D eigenvalue weighted by atomic mass is 10.1. The first-order valence-corrected chi connectivity index (χ1v) is 7.81. The van der Waals surface area contributed by atoms with E-state index in [0.717, 1.165) is 12.8 Å². The predicted molar refractivity (Wildman–Crippen MR) is 81.2 cm³/mol. The second-order valence-electron chi connectivity index (χ2n) is 4.91. The molecule has 0 bridgehead atoms. The normalized spacial score (nSPS) is 10.6. The lowest BCUT2D eigenvalue weighted by Gasteiger charge is -2.19. The number of aliphatic carboxylic acids is 1. The summed E-state index contributed by atoms with van der Waals surface area (Å²) in [6.07, 6.45) is 2.24. The van der Waals surface area contributed by atoms with Crippen LogP contribution in [-0.2, 0) is 16.0 Å². The van der Waals surface area contributed by atoms with Crippen LogP contribution in [0, 0.1) is 13.8 Å². The molecule has 0 aliphatic rings. The van der Waals surface area contributed by atoms with Crippen molar-refractivity contribution in [1.29, 1.82) is 0 Å². The first-order valence-electron chi connectivity index (χ1n) is 6.99. The predicted octanol–water partition coefficient (Wildman–Crippen LogP) is 3.01. The SMILES string of the molecule is CCN(CCC(=O)O)C(=O)CCCc1cc(C)sc1C. The average Bonchev–Trinajstić information content (AvgIpc) is 2.68. The van der Waals surface area contributed by atoms with Crippen LogP contribution >= 0.6 is 11.3 Å². The molecule has 1 heterocycles. The molecule has 0 fully saturated rings. The fourth-order valence-corrected chi connectivity index (χ4v) is 3.19. The van der Waals surface area contributed by atoms with Crippen molar-refractivity contribution in [2.75, 3.05) is 13.1 Å². The van der Waals surface area contributed by atoms with Crippen LogP contribution in [0.3, 0.4) is 0 Å². The van der Waals surface area contributed by atoms with Gasteiger partial charge in [0.1, 0.15) is 0 Å². The zero-order chi connectivity index (χ0) is 15.1. The van der Waals surface area contributed by atoms with Gasteiger partial charge in [0.15, 0.2) is 0 Å². The Morgan fingerprint density at radius 1 is 1.30 bits per heavy atom.